The second kappa shape index (κ2) is 6.35. The Kier molecular flexibility index (Phi) is 5.10. The van der Waals surface area contributed by atoms with Gasteiger partial charge < -0.3 is 10.0 Å². The molecular formula is C13H18FNO2. The van der Waals surface area contributed by atoms with E-state index < -0.39 is 5.82 Å². The number of hydrogen-bond acceptors (Lipinski definition) is 3. The van der Waals surface area contributed by atoms with Crippen molar-refractivity contribution in [2.45, 2.75) is 20.3 Å². The summed E-state index contributed by atoms with van der Waals surface area (Å²) in [5.41, 5.74) is 0.737. The molecule has 0 aromatic heterocycles. The van der Waals surface area contributed by atoms with Gasteiger partial charge in [0.15, 0.2) is 5.78 Å². The zero-order valence-corrected chi connectivity index (χ0v) is 10.2. The van der Waals surface area contributed by atoms with Gasteiger partial charge in [-0.3, -0.25) is 4.79 Å². The molecule has 0 fully saturated rings. The topological polar surface area (TPSA) is 40.5 Å². The number of ketones is 1. The highest BCUT2D eigenvalue weighted by Gasteiger charge is 2.16. The Morgan fingerprint density at radius 3 is 2.71 bits per heavy atom. The van der Waals surface area contributed by atoms with Crippen LogP contribution in [0.5, 0.6) is 0 Å². The molecule has 94 valence electrons. The molecule has 0 bridgehead atoms. The molecule has 17 heavy (non-hydrogen) atoms. The minimum atomic E-state index is -0.488. The lowest BCUT2D eigenvalue weighted by atomic mass is 10.1. The van der Waals surface area contributed by atoms with Gasteiger partial charge in [-0.1, -0.05) is 6.07 Å². The van der Waals surface area contributed by atoms with Gasteiger partial charge in [-0.05, 0) is 32.4 Å². The molecule has 1 rings (SSSR count). The van der Waals surface area contributed by atoms with Gasteiger partial charge in [-0.2, -0.15) is 0 Å². The summed E-state index contributed by atoms with van der Waals surface area (Å²) in [5.74, 6) is -0.766. The Morgan fingerprint density at radius 2 is 2.18 bits per heavy atom. The molecule has 1 aromatic rings. The number of hydrogen-bond donors (Lipinski definition) is 1. The summed E-state index contributed by atoms with van der Waals surface area (Å²) < 4.78 is 13.6. The van der Waals surface area contributed by atoms with E-state index in [1.54, 1.807) is 12.1 Å². The number of benzene rings is 1. The van der Waals surface area contributed by atoms with Gasteiger partial charge in [-0.15, -0.1) is 0 Å². The zero-order chi connectivity index (χ0) is 12.8. The molecule has 0 aliphatic rings. The van der Waals surface area contributed by atoms with E-state index in [9.17, 15) is 9.18 Å². The number of anilines is 1. The van der Waals surface area contributed by atoms with Crippen molar-refractivity contribution in [3.8, 4) is 0 Å². The molecule has 0 unspecified atom stereocenters. The molecule has 0 radical (unpaired) electrons. The van der Waals surface area contributed by atoms with Crippen LogP contribution >= 0.6 is 0 Å². The standard InChI is InChI=1S/C13H18FNO2/c1-3-15(8-5-9-16)12-7-4-6-11(14)13(12)10(2)17/h4,6-7,16H,3,5,8-9H2,1-2H3. The fourth-order valence-electron chi connectivity index (χ4n) is 1.84. The molecule has 1 aromatic carbocycles. The van der Waals surface area contributed by atoms with Gasteiger partial charge in [-0.25, -0.2) is 4.39 Å². The van der Waals surface area contributed by atoms with Crippen molar-refractivity contribution < 1.29 is 14.3 Å². The Labute approximate surface area is 101 Å². The van der Waals surface area contributed by atoms with Crippen LogP contribution in [0.25, 0.3) is 0 Å². The smallest absolute Gasteiger partial charge is 0.164 e. The van der Waals surface area contributed by atoms with Gasteiger partial charge in [0, 0.05) is 19.7 Å². The normalized spacial score (nSPS) is 10.4. The van der Waals surface area contributed by atoms with E-state index in [0.29, 0.717) is 25.2 Å². The molecule has 0 atom stereocenters. The maximum absolute atomic E-state index is 13.6. The molecule has 1 N–H and O–H groups in total. The summed E-state index contributed by atoms with van der Waals surface area (Å²) >= 11 is 0. The fourth-order valence-corrected chi connectivity index (χ4v) is 1.84. The number of carbonyl (C=O) groups excluding carboxylic acids is 1. The molecular weight excluding hydrogens is 221 g/mol. The van der Waals surface area contributed by atoms with Crippen molar-refractivity contribution in [1.82, 2.24) is 0 Å². The van der Waals surface area contributed by atoms with Crippen molar-refractivity contribution >= 4 is 11.5 Å². The second-order valence-electron chi connectivity index (χ2n) is 3.85. The highest BCUT2D eigenvalue weighted by molar-refractivity contribution is 6.00. The van der Waals surface area contributed by atoms with Crippen molar-refractivity contribution in [1.29, 1.82) is 0 Å². The minimum absolute atomic E-state index is 0.0845. The summed E-state index contributed by atoms with van der Waals surface area (Å²) in [4.78, 5) is 13.4. The van der Waals surface area contributed by atoms with Gasteiger partial charge >= 0.3 is 0 Å². The molecule has 0 aliphatic carbocycles. The average molecular weight is 239 g/mol. The lowest BCUT2D eigenvalue weighted by Gasteiger charge is -2.25. The first kappa shape index (κ1) is 13.6. The highest BCUT2D eigenvalue weighted by Crippen LogP contribution is 2.23. The third kappa shape index (κ3) is 3.27. The Hall–Kier alpha value is -1.42. The van der Waals surface area contributed by atoms with E-state index in [4.69, 9.17) is 5.11 Å². The van der Waals surface area contributed by atoms with E-state index in [-0.39, 0.29) is 18.0 Å². The molecule has 0 heterocycles. The second-order valence-corrected chi connectivity index (χ2v) is 3.85. The zero-order valence-electron chi connectivity index (χ0n) is 10.2. The van der Waals surface area contributed by atoms with Crippen molar-refractivity contribution in [2.75, 3.05) is 24.6 Å². The first-order valence-electron chi connectivity index (χ1n) is 5.77. The largest absolute Gasteiger partial charge is 0.396 e. The predicted molar refractivity (Wildman–Crippen MR) is 66.0 cm³/mol. The summed E-state index contributed by atoms with van der Waals surface area (Å²) in [6.07, 6.45) is 0.599. The molecule has 0 amide bonds. The third-order valence-electron chi connectivity index (χ3n) is 2.65. The highest BCUT2D eigenvalue weighted by atomic mass is 19.1. The molecule has 0 saturated heterocycles. The number of Topliss-reactive ketones (excluding diaryl/α,β-unsaturated/α-hetero) is 1. The molecule has 0 saturated carbocycles. The summed E-state index contributed by atoms with van der Waals surface area (Å²) in [7, 11) is 0. The van der Waals surface area contributed by atoms with Crippen LogP contribution in [0.3, 0.4) is 0 Å². The van der Waals surface area contributed by atoms with Crippen molar-refractivity contribution in [3.05, 3.63) is 29.6 Å². The number of nitrogens with zero attached hydrogens (tertiary/aromatic N) is 1. The maximum Gasteiger partial charge on any atom is 0.164 e. The Morgan fingerprint density at radius 1 is 1.47 bits per heavy atom. The summed E-state index contributed by atoms with van der Waals surface area (Å²) in [5, 5.41) is 8.82. The van der Waals surface area contributed by atoms with Crippen LogP contribution < -0.4 is 4.90 Å². The first-order valence-corrected chi connectivity index (χ1v) is 5.77. The van der Waals surface area contributed by atoms with E-state index in [1.807, 2.05) is 11.8 Å². The van der Waals surface area contributed by atoms with Crippen molar-refractivity contribution in [2.24, 2.45) is 0 Å². The van der Waals surface area contributed by atoms with E-state index >= 15 is 0 Å². The van der Waals surface area contributed by atoms with Gasteiger partial charge in [0.2, 0.25) is 0 Å². The first-order chi connectivity index (χ1) is 8.11. The van der Waals surface area contributed by atoms with Crippen LogP contribution in [-0.2, 0) is 0 Å². The van der Waals surface area contributed by atoms with Crippen LogP contribution in [-0.4, -0.2) is 30.6 Å². The van der Waals surface area contributed by atoms with Crippen molar-refractivity contribution in [3.63, 3.8) is 0 Å². The quantitative estimate of drug-likeness (QED) is 0.774. The van der Waals surface area contributed by atoms with Gasteiger partial charge in [0.1, 0.15) is 5.82 Å². The number of rotatable bonds is 6. The van der Waals surface area contributed by atoms with Gasteiger partial charge in [0.05, 0.1) is 11.3 Å². The lowest BCUT2D eigenvalue weighted by Crippen LogP contribution is -2.26. The number of aliphatic hydroxyl groups is 1. The SMILES string of the molecule is CCN(CCCO)c1cccc(F)c1C(C)=O. The molecule has 3 nitrogen and oxygen atoms in total. The molecule has 0 spiro atoms. The third-order valence-corrected chi connectivity index (χ3v) is 2.65. The summed E-state index contributed by atoms with van der Waals surface area (Å²) in [6.45, 7) is 4.66. The maximum atomic E-state index is 13.6. The van der Waals surface area contributed by atoms with Crippen LogP contribution in [0.1, 0.15) is 30.6 Å². The van der Waals surface area contributed by atoms with E-state index in [2.05, 4.69) is 0 Å². The monoisotopic (exact) mass is 239 g/mol. The number of aliphatic hydroxyl groups excluding tert-OH is 1. The van der Waals surface area contributed by atoms with Gasteiger partial charge in [0.25, 0.3) is 0 Å². The minimum Gasteiger partial charge on any atom is -0.396 e. The average Bonchev–Trinajstić information content (AvgIpc) is 2.29. The number of carbonyl (C=O) groups is 1. The van der Waals surface area contributed by atoms with Crippen LogP contribution in [0.4, 0.5) is 10.1 Å². The lowest BCUT2D eigenvalue weighted by molar-refractivity contribution is 0.101. The van der Waals surface area contributed by atoms with Crippen LogP contribution in [0.15, 0.2) is 18.2 Å². The molecule has 4 heteroatoms. The fraction of sp³-hybridized carbons (Fsp3) is 0.462. The van der Waals surface area contributed by atoms with E-state index in [0.717, 1.165) is 0 Å². The summed E-state index contributed by atoms with van der Waals surface area (Å²) in [6, 6.07) is 4.62. The molecule has 0 aliphatic heterocycles. The number of halogens is 1. The van der Waals surface area contributed by atoms with Crippen LogP contribution in [0, 0.1) is 5.82 Å². The Balaban J connectivity index is 3.09. The predicted octanol–water partition coefficient (Wildman–Crippen LogP) is 2.24. The van der Waals surface area contributed by atoms with Crippen LogP contribution in [0.2, 0.25) is 0 Å². The van der Waals surface area contributed by atoms with E-state index in [1.165, 1.54) is 13.0 Å². The Bertz CT molecular complexity index is 393.